The van der Waals surface area contributed by atoms with Crippen molar-refractivity contribution >= 4 is 16.7 Å². The molecule has 0 saturated heterocycles. The number of pyridine rings is 1. The van der Waals surface area contributed by atoms with Crippen molar-refractivity contribution in [1.82, 2.24) is 15.2 Å². The molecule has 0 aliphatic carbocycles. The molecule has 3 rings (SSSR count). The molecule has 0 amide bonds. The number of fused-ring (bicyclic) bond motifs is 1. The van der Waals surface area contributed by atoms with E-state index in [4.69, 9.17) is 0 Å². The molecule has 0 aliphatic heterocycles. The summed E-state index contributed by atoms with van der Waals surface area (Å²) in [5.74, 6) is 0.658. The number of anilines is 1. The number of hydrogen-bond acceptors (Lipinski definition) is 5. The summed E-state index contributed by atoms with van der Waals surface area (Å²) in [4.78, 5) is 4.49. The number of aromatic nitrogens is 3. The predicted molar refractivity (Wildman–Crippen MR) is 75.8 cm³/mol. The van der Waals surface area contributed by atoms with Gasteiger partial charge in [-0.3, -0.25) is 0 Å². The number of para-hydroxylation sites is 1. The minimum Gasteiger partial charge on any atom is -0.364 e. The second-order valence-electron chi connectivity index (χ2n) is 4.25. The zero-order valence-electron chi connectivity index (χ0n) is 10.6. The van der Waals surface area contributed by atoms with Crippen molar-refractivity contribution in [3.8, 4) is 6.07 Å². The minimum atomic E-state index is 0.518. The van der Waals surface area contributed by atoms with Gasteiger partial charge >= 0.3 is 0 Å². The third-order valence-electron chi connectivity index (χ3n) is 2.91. The lowest BCUT2D eigenvalue weighted by Crippen LogP contribution is -2.04. The number of nitrogens with one attached hydrogen (secondary N) is 1. The van der Waals surface area contributed by atoms with Gasteiger partial charge in [0, 0.05) is 11.6 Å². The Balaban J connectivity index is 1.91. The molecule has 0 atom stereocenters. The fourth-order valence-electron chi connectivity index (χ4n) is 1.97. The number of nitrogens with zero attached hydrogens (tertiary/aromatic N) is 4. The molecule has 1 N–H and O–H groups in total. The maximum atomic E-state index is 9.22. The second kappa shape index (κ2) is 5.33. The van der Waals surface area contributed by atoms with Crippen molar-refractivity contribution in [2.45, 2.75) is 6.54 Å². The first-order valence-electron chi connectivity index (χ1n) is 6.17. The van der Waals surface area contributed by atoms with Gasteiger partial charge in [-0.05, 0) is 24.3 Å². The lowest BCUT2D eigenvalue weighted by atomic mass is 10.1. The Bertz CT molecular complexity index is 777. The fraction of sp³-hybridized carbons (Fsp3) is 0.0667. The van der Waals surface area contributed by atoms with E-state index < -0.39 is 0 Å². The fourth-order valence-corrected chi connectivity index (χ4v) is 1.97. The molecule has 0 bridgehead atoms. The van der Waals surface area contributed by atoms with Crippen molar-refractivity contribution in [2.75, 3.05) is 5.32 Å². The molecule has 1 aromatic carbocycles. The molecule has 2 aromatic heterocycles. The van der Waals surface area contributed by atoms with Crippen LogP contribution < -0.4 is 5.32 Å². The van der Waals surface area contributed by atoms with Gasteiger partial charge in [-0.2, -0.15) is 15.5 Å². The average Bonchev–Trinajstić information content (AvgIpc) is 2.53. The maximum Gasteiger partial charge on any atom is 0.128 e. The Morgan fingerprint density at radius 3 is 2.85 bits per heavy atom. The van der Waals surface area contributed by atoms with Crippen LogP contribution >= 0.6 is 0 Å². The summed E-state index contributed by atoms with van der Waals surface area (Å²) < 4.78 is 0. The van der Waals surface area contributed by atoms with Crippen LogP contribution in [0.2, 0.25) is 0 Å². The van der Waals surface area contributed by atoms with Crippen LogP contribution in [0.4, 0.5) is 5.82 Å². The molecule has 2 heterocycles. The molecular weight excluding hydrogens is 250 g/mol. The van der Waals surface area contributed by atoms with Crippen molar-refractivity contribution in [3.05, 3.63) is 59.9 Å². The SMILES string of the molecule is N#Cc1cc(NCc2cccnn2)nc2ccccc12. The molecule has 0 aliphatic rings. The second-order valence-corrected chi connectivity index (χ2v) is 4.25. The van der Waals surface area contributed by atoms with Gasteiger partial charge in [0.25, 0.3) is 0 Å². The Hall–Kier alpha value is -3.00. The molecule has 20 heavy (non-hydrogen) atoms. The molecule has 5 heteroatoms. The quantitative estimate of drug-likeness (QED) is 0.784. The summed E-state index contributed by atoms with van der Waals surface area (Å²) in [5, 5.41) is 21.1. The highest BCUT2D eigenvalue weighted by Gasteiger charge is 2.05. The number of hydrogen-bond donors (Lipinski definition) is 1. The van der Waals surface area contributed by atoms with E-state index in [2.05, 4.69) is 26.6 Å². The van der Waals surface area contributed by atoms with Crippen LogP contribution in [-0.4, -0.2) is 15.2 Å². The highest BCUT2D eigenvalue weighted by Crippen LogP contribution is 2.20. The van der Waals surface area contributed by atoms with E-state index in [1.165, 1.54) is 0 Å². The van der Waals surface area contributed by atoms with Gasteiger partial charge in [-0.25, -0.2) is 4.98 Å². The van der Waals surface area contributed by atoms with Gasteiger partial charge in [-0.15, -0.1) is 0 Å². The van der Waals surface area contributed by atoms with E-state index in [1.807, 2.05) is 36.4 Å². The highest BCUT2D eigenvalue weighted by atomic mass is 15.1. The molecule has 0 spiro atoms. The molecule has 0 unspecified atom stereocenters. The van der Waals surface area contributed by atoms with Crippen molar-refractivity contribution < 1.29 is 0 Å². The smallest absolute Gasteiger partial charge is 0.128 e. The highest BCUT2D eigenvalue weighted by molar-refractivity contribution is 5.86. The number of rotatable bonds is 3. The normalized spacial score (nSPS) is 10.2. The molecule has 96 valence electrons. The summed E-state index contributed by atoms with van der Waals surface area (Å²) >= 11 is 0. The zero-order valence-corrected chi connectivity index (χ0v) is 10.6. The third-order valence-corrected chi connectivity index (χ3v) is 2.91. The Kier molecular flexibility index (Phi) is 3.21. The van der Waals surface area contributed by atoms with E-state index in [-0.39, 0.29) is 0 Å². The van der Waals surface area contributed by atoms with Crippen LogP contribution in [0.15, 0.2) is 48.7 Å². The Morgan fingerprint density at radius 1 is 1.15 bits per heavy atom. The van der Waals surface area contributed by atoms with Gasteiger partial charge in [0.2, 0.25) is 0 Å². The predicted octanol–water partition coefficient (Wildman–Crippen LogP) is 2.51. The molecule has 3 aromatic rings. The average molecular weight is 261 g/mol. The van der Waals surface area contributed by atoms with E-state index in [9.17, 15) is 5.26 Å². The van der Waals surface area contributed by atoms with Gasteiger partial charge < -0.3 is 5.32 Å². The largest absolute Gasteiger partial charge is 0.364 e. The van der Waals surface area contributed by atoms with Gasteiger partial charge in [0.05, 0.1) is 29.4 Å². The van der Waals surface area contributed by atoms with Crippen molar-refractivity contribution in [1.29, 1.82) is 5.26 Å². The Labute approximate surface area is 115 Å². The first-order chi connectivity index (χ1) is 9.86. The number of nitriles is 1. The lowest BCUT2D eigenvalue weighted by Gasteiger charge is -2.07. The first-order valence-corrected chi connectivity index (χ1v) is 6.17. The van der Waals surface area contributed by atoms with E-state index in [1.54, 1.807) is 12.3 Å². The summed E-state index contributed by atoms with van der Waals surface area (Å²) in [6.07, 6.45) is 1.63. The van der Waals surface area contributed by atoms with Gasteiger partial charge in [-0.1, -0.05) is 18.2 Å². The van der Waals surface area contributed by atoms with Crippen LogP contribution in [-0.2, 0) is 6.54 Å². The molecule has 5 nitrogen and oxygen atoms in total. The third kappa shape index (κ3) is 2.40. The van der Waals surface area contributed by atoms with Gasteiger partial charge in [0.15, 0.2) is 0 Å². The molecular formula is C15H11N5. The Morgan fingerprint density at radius 2 is 2.05 bits per heavy atom. The first kappa shape index (κ1) is 12.1. The topological polar surface area (TPSA) is 74.5 Å². The van der Waals surface area contributed by atoms with Gasteiger partial charge in [0.1, 0.15) is 5.82 Å². The molecule has 0 saturated carbocycles. The van der Waals surface area contributed by atoms with Crippen LogP contribution in [0.3, 0.4) is 0 Å². The molecule has 0 radical (unpaired) electrons. The summed E-state index contributed by atoms with van der Waals surface area (Å²) in [6.45, 7) is 0.518. The monoisotopic (exact) mass is 261 g/mol. The van der Waals surface area contributed by atoms with E-state index in [0.717, 1.165) is 16.6 Å². The maximum absolute atomic E-state index is 9.22. The van der Waals surface area contributed by atoms with Crippen LogP contribution in [0.25, 0.3) is 10.9 Å². The van der Waals surface area contributed by atoms with Crippen LogP contribution in [0.1, 0.15) is 11.3 Å². The summed E-state index contributed by atoms with van der Waals surface area (Å²) in [5.41, 5.74) is 2.23. The zero-order chi connectivity index (χ0) is 13.8. The summed E-state index contributed by atoms with van der Waals surface area (Å²) in [6, 6.07) is 15.3. The lowest BCUT2D eigenvalue weighted by molar-refractivity contribution is 0.921. The minimum absolute atomic E-state index is 0.518. The van der Waals surface area contributed by atoms with E-state index >= 15 is 0 Å². The molecule has 0 fully saturated rings. The number of benzene rings is 1. The standard InChI is InChI=1S/C15H11N5/c16-9-11-8-15(17-10-12-4-3-7-18-20-12)19-14-6-2-1-5-13(11)14/h1-8H,10H2,(H,17,19). The van der Waals surface area contributed by atoms with Crippen LogP contribution in [0.5, 0.6) is 0 Å². The summed E-state index contributed by atoms with van der Waals surface area (Å²) in [7, 11) is 0. The van der Waals surface area contributed by atoms with Crippen LogP contribution in [0, 0.1) is 11.3 Å². The van der Waals surface area contributed by atoms with E-state index in [0.29, 0.717) is 17.9 Å². The van der Waals surface area contributed by atoms with Crippen molar-refractivity contribution in [3.63, 3.8) is 0 Å². The van der Waals surface area contributed by atoms with Crippen molar-refractivity contribution in [2.24, 2.45) is 0 Å².